The average molecular weight is 221 g/mol. The van der Waals surface area contributed by atoms with Gasteiger partial charge in [-0.2, -0.15) is 0 Å². The van der Waals surface area contributed by atoms with Gasteiger partial charge in [0.25, 0.3) is 0 Å². The Labute approximate surface area is 95.9 Å². The number of aromatic hydroxyl groups is 1. The molecule has 0 fully saturated rings. The quantitative estimate of drug-likeness (QED) is 0.703. The third-order valence-electron chi connectivity index (χ3n) is 3.69. The van der Waals surface area contributed by atoms with Crippen LogP contribution in [0.15, 0.2) is 18.2 Å². The van der Waals surface area contributed by atoms with Crippen molar-refractivity contribution in [2.75, 3.05) is 6.61 Å². The first-order chi connectivity index (χ1) is 7.53. The predicted octanol–water partition coefficient (Wildman–Crippen LogP) is 1.21. The number of hydrogen-bond acceptors (Lipinski definition) is 3. The summed E-state index contributed by atoms with van der Waals surface area (Å²) in [5, 5.41) is 18.7. The second-order valence-corrected chi connectivity index (χ2v) is 5.06. The van der Waals surface area contributed by atoms with E-state index in [0.717, 1.165) is 19.3 Å². The minimum Gasteiger partial charge on any atom is -0.508 e. The van der Waals surface area contributed by atoms with Crippen LogP contribution in [0, 0.1) is 5.92 Å². The summed E-state index contributed by atoms with van der Waals surface area (Å²) in [4.78, 5) is 0. The second kappa shape index (κ2) is 4.07. The monoisotopic (exact) mass is 221 g/mol. The van der Waals surface area contributed by atoms with Crippen LogP contribution in [0.3, 0.4) is 0 Å². The van der Waals surface area contributed by atoms with Crippen molar-refractivity contribution >= 4 is 0 Å². The van der Waals surface area contributed by atoms with Crippen molar-refractivity contribution in [3.05, 3.63) is 29.3 Å². The number of aryl methyl sites for hydroxylation is 1. The number of hydrogen-bond donors (Lipinski definition) is 3. The van der Waals surface area contributed by atoms with Gasteiger partial charge >= 0.3 is 0 Å². The zero-order valence-corrected chi connectivity index (χ0v) is 9.61. The van der Waals surface area contributed by atoms with E-state index in [4.69, 9.17) is 5.73 Å². The maximum absolute atomic E-state index is 9.40. The number of rotatable bonds is 2. The van der Waals surface area contributed by atoms with Crippen LogP contribution in [-0.4, -0.2) is 22.4 Å². The number of fused-ring (bicyclic) bond motifs is 1. The van der Waals surface area contributed by atoms with Crippen LogP contribution in [0.4, 0.5) is 0 Å². The standard InChI is InChI=1S/C13H19NO2/c1-13(14,8-15)11-4-2-10-7-12(16)5-3-9(10)6-11/h3,5,7,11,15-16H,2,4,6,8,14H2,1H3/t11-,13+/m0/s1. The molecule has 1 aliphatic rings. The third kappa shape index (κ3) is 2.06. The van der Waals surface area contributed by atoms with Crippen molar-refractivity contribution in [3.8, 4) is 5.75 Å². The molecule has 2 atom stereocenters. The van der Waals surface area contributed by atoms with E-state index >= 15 is 0 Å². The number of aliphatic hydroxyl groups is 1. The Kier molecular flexibility index (Phi) is 2.91. The molecule has 0 bridgehead atoms. The fraction of sp³-hybridized carbons (Fsp3) is 0.538. The van der Waals surface area contributed by atoms with Crippen LogP contribution in [0.1, 0.15) is 24.5 Å². The average Bonchev–Trinajstić information content (AvgIpc) is 2.28. The van der Waals surface area contributed by atoms with Gasteiger partial charge in [0.15, 0.2) is 0 Å². The second-order valence-electron chi connectivity index (χ2n) is 5.06. The summed E-state index contributed by atoms with van der Waals surface area (Å²) in [6.45, 7) is 1.92. The predicted molar refractivity (Wildman–Crippen MR) is 63.3 cm³/mol. The molecule has 1 aromatic carbocycles. The van der Waals surface area contributed by atoms with E-state index in [9.17, 15) is 10.2 Å². The molecule has 16 heavy (non-hydrogen) atoms. The highest BCUT2D eigenvalue weighted by Crippen LogP contribution is 2.32. The van der Waals surface area contributed by atoms with Crippen molar-refractivity contribution in [1.29, 1.82) is 0 Å². The van der Waals surface area contributed by atoms with Crippen LogP contribution in [-0.2, 0) is 12.8 Å². The van der Waals surface area contributed by atoms with Gasteiger partial charge in [0.05, 0.1) is 6.61 Å². The van der Waals surface area contributed by atoms with Gasteiger partial charge in [0, 0.05) is 5.54 Å². The van der Waals surface area contributed by atoms with Crippen LogP contribution in [0.25, 0.3) is 0 Å². The lowest BCUT2D eigenvalue weighted by molar-refractivity contribution is 0.144. The van der Waals surface area contributed by atoms with Crippen LogP contribution in [0.2, 0.25) is 0 Å². The molecule has 0 heterocycles. The number of aliphatic hydroxyl groups excluding tert-OH is 1. The molecule has 4 N–H and O–H groups in total. The molecule has 0 spiro atoms. The summed E-state index contributed by atoms with van der Waals surface area (Å²) < 4.78 is 0. The number of phenols is 1. The molecule has 2 rings (SSSR count). The molecule has 88 valence electrons. The Balaban J connectivity index is 2.21. The summed E-state index contributed by atoms with van der Waals surface area (Å²) in [7, 11) is 0. The molecular weight excluding hydrogens is 202 g/mol. The van der Waals surface area contributed by atoms with Gasteiger partial charge in [-0.25, -0.2) is 0 Å². The SMILES string of the molecule is C[C@@](N)(CO)[C@H]1CCc2cc(O)ccc2C1. The van der Waals surface area contributed by atoms with E-state index in [2.05, 4.69) is 0 Å². The maximum atomic E-state index is 9.40. The van der Waals surface area contributed by atoms with Crippen molar-refractivity contribution in [2.24, 2.45) is 11.7 Å². The van der Waals surface area contributed by atoms with Crippen LogP contribution in [0.5, 0.6) is 5.75 Å². The lowest BCUT2D eigenvalue weighted by atomic mass is 9.74. The minimum absolute atomic E-state index is 0.0189. The largest absolute Gasteiger partial charge is 0.508 e. The van der Waals surface area contributed by atoms with E-state index in [1.165, 1.54) is 11.1 Å². The van der Waals surface area contributed by atoms with Crippen LogP contribution >= 0.6 is 0 Å². The zero-order valence-electron chi connectivity index (χ0n) is 9.61. The number of nitrogens with two attached hydrogens (primary N) is 1. The topological polar surface area (TPSA) is 66.5 Å². The highest BCUT2D eigenvalue weighted by molar-refractivity contribution is 5.37. The van der Waals surface area contributed by atoms with E-state index in [0.29, 0.717) is 11.7 Å². The molecule has 0 aromatic heterocycles. The lowest BCUT2D eigenvalue weighted by Crippen LogP contribution is -2.49. The maximum Gasteiger partial charge on any atom is 0.115 e. The Bertz CT molecular complexity index is 388. The first-order valence-corrected chi connectivity index (χ1v) is 5.73. The summed E-state index contributed by atoms with van der Waals surface area (Å²) in [6.07, 6.45) is 2.80. The van der Waals surface area contributed by atoms with Gasteiger partial charge in [0.1, 0.15) is 5.75 Å². The van der Waals surface area contributed by atoms with Crippen molar-refractivity contribution < 1.29 is 10.2 Å². The molecule has 3 heteroatoms. The molecule has 0 radical (unpaired) electrons. The lowest BCUT2D eigenvalue weighted by Gasteiger charge is -2.36. The Morgan fingerprint density at radius 3 is 2.88 bits per heavy atom. The van der Waals surface area contributed by atoms with Crippen LogP contribution < -0.4 is 5.73 Å². The smallest absolute Gasteiger partial charge is 0.115 e. The van der Waals surface area contributed by atoms with Crippen molar-refractivity contribution in [1.82, 2.24) is 0 Å². The van der Waals surface area contributed by atoms with E-state index in [-0.39, 0.29) is 6.61 Å². The Morgan fingerprint density at radius 2 is 2.19 bits per heavy atom. The summed E-state index contributed by atoms with van der Waals surface area (Å²) in [6, 6.07) is 5.51. The minimum atomic E-state index is -0.504. The molecule has 3 nitrogen and oxygen atoms in total. The molecule has 0 unspecified atom stereocenters. The molecule has 0 aliphatic heterocycles. The Hall–Kier alpha value is -1.06. The van der Waals surface area contributed by atoms with Crippen molar-refractivity contribution in [3.63, 3.8) is 0 Å². The molecular formula is C13H19NO2. The van der Waals surface area contributed by atoms with Gasteiger partial charge in [-0.05, 0) is 55.4 Å². The molecule has 0 amide bonds. The van der Waals surface area contributed by atoms with E-state index < -0.39 is 5.54 Å². The summed E-state index contributed by atoms with van der Waals surface area (Å²) in [5.74, 6) is 0.643. The van der Waals surface area contributed by atoms with Gasteiger partial charge < -0.3 is 15.9 Å². The fourth-order valence-electron chi connectivity index (χ4n) is 2.43. The highest BCUT2D eigenvalue weighted by Gasteiger charge is 2.32. The van der Waals surface area contributed by atoms with Gasteiger partial charge in [-0.1, -0.05) is 6.07 Å². The zero-order chi connectivity index (χ0) is 11.8. The van der Waals surface area contributed by atoms with Gasteiger partial charge in [-0.15, -0.1) is 0 Å². The third-order valence-corrected chi connectivity index (χ3v) is 3.69. The van der Waals surface area contributed by atoms with Gasteiger partial charge in [-0.3, -0.25) is 0 Å². The molecule has 0 saturated carbocycles. The number of benzene rings is 1. The molecule has 1 aromatic rings. The normalized spacial score (nSPS) is 23.6. The van der Waals surface area contributed by atoms with Crippen molar-refractivity contribution in [2.45, 2.75) is 31.7 Å². The fourth-order valence-corrected chi connectivity index (χ4v) is 2.43. The van der Waals surface area contributed by atoms with Gasteiger partial charge in [0.2, 0.25) is 0 Å². The highest BCUT2D eigenvalue weighted by atomic mass is 16.3. The van der Waals surface area contributed by atoms with E-state index in [1.807, 2.05) is 19.1 Å². The molecule has 0 saturated heterocycles. The first-order valence-electron chi connectivity index (χ1n) is 5.73. The summed E-state index contributed by atoms with van der Waals surface area (Å²) >= 11 is 0. The summed E-state index contributed by atoms with van der Waals surface area (Å²) in [5.41, 5.74) is 8.04. The Morgan fingerprint density at radius 1 is 1.44 bits per heavy atom. The van der Waals surface area contributed by atoms with E-state index in [1.54, 1.807) is 6.07 Å². The number of phenolic OH excluding ortho intramolecular Hbond substituents is 1. The molecule has 1 aliphatic carbocycles. The first kappa shape index (κ1) is 11.4.